The second-order valence-corrected chi connectivity index (χ2v) is 7.71. The van der Waals surface area contributed by atoms with Crippen LogP contribution in [0.5, 0.6) is 0 Å². The monoisotopic (exact) mass is 406 g/mol. The van der Waals surface area contributed by atoms with Crippen LogP contribution in [0.25, 0.3) is 16.7 Å². The Morgan fingerprint density at radius 1 is 1.10 bits per heavy atom. The third-order valence-electron chi connectivity index (χ3n) is 5.38. The molecule has 6 heteroatoms. The van der Waals surface area contributed by atoms with E-state index in [-0.39, 0.29) is 5.91 Å². The number of aromatic nitrogens is 3. The van der Waals surface area contributed by atoms with E-state index in [9.17, 15) is 4.79 Å². The summed E-state index contributed by atoms with van der Waals surface area (Å²) < 4.78 is 4.02. The number of imidazole rings is 1. The molecule has 2 aromatic heterocycles. The molecule has 0 N–H and O–H groups in total. The fourth-order valence-electron chi connectivity index (χ4n) is 3.81. The topological polar surface area (TPSA) is 43.1 Å². The maximum absolute atomic E-state index is 13.0. The van der Waals surface area contributed by atoms with Gasteiger partial charge in [0.15, 0.2) is 0 Å². The van der Waals surface area contributed by atoms with Crippen LogP contribution in [0.15, 0.2) is 54.6 Å². The highest BCUT2D eigenvalue weighted by Gasteiger charge is 2.18. The van der Waals surface area contributed by atoms with E-state index in [2.05, 4.69) is 41.6 Å². The Morgan fingerprint density at radius 3 is 2.55 bits per heavy atom. The van der Waals surface area contributed by atoms with Crippen molar-refractivity contribution in [3.63, 3.8) is 0 Å². The van der Waals surface area contributed by atoms with Crippen molar-refractivity contribution in [1.82, 2.24) is 19.0 Å². The molecule has 29 heavy (non-hydrogen) atoms. The van der Waals surface area contributed by atoms with Gasteiger partial charge in [0.1, 0.15) is 0 Å². The number of hydrogen-bond acceptors (Lipinski definition) is 2. The lowest BCUT2D eigenvalue weighted by Crippen LogP contribution is -2.26. The number of nitrogens with zero attached hydrogens (tertiary/aromatic N) is 4. The Hall–Kier alpha value is -3.05. The van der Waals surface area contributed by atoms with E-state index in [0.29, 0.717) is 17.4 Å². The fraction of sp³-hybridized carbons (Fsp3) is 0.217. The number of halogens is 1. The summed E-state index contributed by atoms with van der Waals surface area (Å²) >= 11 is 6.09. The Labute approximate surface area is 175 Å². The Balaban J connectivity index is 1.60. The van der Waals surface area contributed by atoms with Gasteiger partial charge in [0.05, 0.1) is 11.0 Å². The highest BCUT2D eigenvalue weighted by molar-refractivity contribution is 6.29. The molecule has 0 fully saturated rings. The summed E-state index contributed by atoms with van der Waals surface area (Å²) in [5.74, 6) is -0.0433. The number of rotatable bonds is 4. The van der Waals surface area contributed by atoms with E-state index in [4.69, 9.17) is 11.6 Å². The molecule has 5 nitrogen and oxygen atoms in total. The van der Waals surface area contributed by atoms with E-state index in [1.54, 1.807) is 15.5 Å². The molecule has 4 aromatic rings. The first-order valence-corrected chi connectivity index (χ1v) is 9.85. The molecule has 0 bridgehead atoms. The van der Waals surface area contributed by atoms with Crippen LogP contribution in [0.2, 0.25) is 5.28 Å². The van der Waals surface area contributed by atoms with Crippen LogP contribution in [0.3, 0.4) is 0 Å². The van der Waals surface area contributed by atoms with Crippen LogP contribution in [0.1, 0.15) is 27.3 Å². The predicted molar refractivity (Wildman–Crippen MR) is 117 cm³/mol. The second kappa shape index (κ2) is 7.41. The van der Waals surface area contributed by atoms with Crippen molar-refractivity contribution >= 4 is 28.5 Å². The maximum atomic E-state index is 13.0. The van der Waals surface area contributed by atoms with Crippen LogP contribution < -0.4 is 0 Å². The predicted octanol–water partition coefficient (Wildman–Crippen LogP) is 4.91. The van der Waals surface area contributed by atoms with Crippen molar-refractivity contribution in [2.75, 3.05) is 7.05 Å². The molecular formula is C23H23ClN4O. The van der Waals surface area contributed by atoms with Crippen molar-refractivity contribution in [2.24, 2.45) is 7.05 Å². The minimum absolute atomic E-state index is 0.0433. The molecule has 0 unspecified atom stereocenters. The molecule has 0 saturated carbocycles. The minimum Gasteiger partial charge on any atom is -0.337 e. The number of benzene rings is 2. The van der Waals surface area contributed by atoms with E-state index < -0.39 is 0 Å². The fourth-order valence-corrected chi connectivity index (χ4v) is 4.00. The smallest absolute Gasteiger partial charge is 0.253 e. The molecule has 2 aromatic carbocycles. The summed E-state index contributed by atoms with van der Waals surface area (Å²) in [6, 6.07) is 17.9. The SMILES string of the molecule is Cc1cc(CN(C)C(=O)c2ccc3c(c2)nc(Cl)n3C)c(C)n1-c1ccccc1. The number of hydrogen-bond donors (Lipinski definition) is 0. The first-order valence-electron chi connectivity index (χ1n) is 9.47. The van der Waals surface area contributed by atoms with Crippen molar-refractivity contribution in [2.45, 2.75) is 20.4 Å². The van der Waals surface area contributed by atoms with Crippen LogP contribution in [0.4, 0.5) is 0 Å². The van der Waals surface area contributed by atoms with Crippen molar-refractivity contribution < 1.29 is 4.79 Å². The van der Waals surface area contributed by atoms with E-state index in [0.717, 1.165) is 33.7 Å². The van der Waals surface area contributed by atoms with Gasteiger partial charge >= 0.3 is 0 Å². The highest BCUT2D eigenvalue weighted by atomic mass is 35.5. The summed E-state index contributed by atoms with van der Waals surface area (Å²) in [6.45, 7) is 4.71. The van der Waals surface area contributed by atoms with Gasteiger partial charge in [0, 0.05) is 43.3 Å². The molecule has 0 saturated heterocycles. The van der Waals surface area contributed by atoms with Gasteiger partial charge in [-0.05, 0) is 67.4 Å². The molecular weight excluding hydrogens is 384 g/mol. The number of carbonyl (C=O) groups is 1. The maximum Gasteiger partial charge on any atom is 0.253 e. The van der Waals surface area contributed by atoms with Crippen LogP contribution >= 0.6 is 11.6 Å². The summed E-state index contributed by atoms with van der Waals surface area (Å²) in [5.41, 5.74) is 6.77. The Kier molecular flexibility index (Phi) is 4.92. The second-order valence-electron chi connectivity index (χ2n) is 7.37. The molecule has 0 atom stereocenters. The summed E-state index contributed by atoms with van der Waals surface area (Å²) in [7, 11) is 3.68. The van der Waals surface area contributed by atoms with Gasteiger partial charge < -0.3 is 14.0 Å². The van der Waals surface area contributed by atoms with E-state index in [1.807, 2.05) is 44.4 Å². The lowest BCUT2D eigenvalue weighted by molar-refractivity contribution is 0.0785. The first kappa shape index (κ1) is 19.3. The number of fused-ring (bicyclic) bond motifs is 1. The number of carbonyl (C=O) groups excluding carboxylic acids is 1. The molecule has 0 aliphatic rings. The average molecular weight is 407 g/mol. The quantitative estimate of drug-likeness (QED) is 0.483. The summed E-state index contributed by atoms with van der Waals surface area (Å²) in [4.78, 5) is 19.1. The zero-order valence-corrected chi connectivity index (χ0v) is 17.7. The summed E-state index contributed by atoms with van der Waals surface area (Å²) in [5, 5.41) is 0.409. The zero-order valence-electron chi connectivity index (χ0n) is 17.0. The largest absolute Gasteiger partial charge is 0.337 e. The lowest BCUT2D eigenvalue weighted by Gasteiger charge is -2.18. The molecule has 148 valence electrons. The third kappa shape index (κ3) is 3.42. The van der Waals surface area contributed by atoms with Crippen molar-refractivity contribution in [3.05, 3.63) is 82.4 Å². The third-order valence-corrected chi connectivity index (χ3v) is 5.72. The zero-order chi connectivity index (χ0) is 20.7. The average Bonchev–Trinajstić information content (AvgIpc) is 3.16. The van der Waals surface area contributed by atoms with E-state index in [1.165, 1.54) is 0 Å². The molecule has 0 aliphatic carbocycles. The molecule has 0 aliphatic heterocycles. The van der Waals surface area contributed by atoms with Crippen LogP contribution in [0, 0.1) is 13.8 Å². The Morgan fingerprint density at radius 2 is 1.83 bits per heavy atom. The first-order chi connectivity index (χ1) is 13.9. The van der Waals surface area contributed by atoms with Gasteiger partial charge in [0.2, 0.25) is 5.28 Å². The van der Waals surface area contributed by atoms with Gasteiger partial charge in [-0.15, -0.1) is 0 Å². The standard InChI is InChI=1S/C23H23ClN4O/c1-15-12-18(16(2)28(15)19-8-6-5-7-9-19)14-26(3)22(29)17-10-11-21-20(13-17)25-23(24)27(21)4/h5-13H,14H2,1-4H3. The summed E-state index contributed by atoms with van der Waals surface area (Å²) in [6.07, 6.45) is 0. The van der Waals surface area contributed by atoms with Gasteiger partial charge in [-0.2, -0.15) is 0 Å². The molecule has 1 amide bonds. The van der Waals surface area contributed by atoms with Gasteiger partial charge in [-0.3, -0.25) is 4.79 Å². The van der Waals surface area contributed by atoms with Gasteiger partial charge in [-0.1, -0.05) is 18.2 Å². The van der Waals surface area contributed by atoms with Crippen LogP contribution in [-0.2, 0) is 13.6 Å². The van der Waals surface area contributed by atoms with Crippen molar-refractivity contribution in [3.8, 4) is 5.69 Å². The van der Waals surface area contributed by atoms with Crippen molar-refractivity contribution in [1.29, 1.82) is 0 Å². The molecule has 0 spiro atoms. The normalized spacial score (nSPS) is 11.2. The molecule has 4 rings (SSSR count). The number of para-hydroxylation sites is 1. The minimum atomic E-state index is -0.0433. The lowest BCUT2D eigenvalue weighted by atomic mass is 10.1. The Bertz CT molecular complexity index is 1210. The number of aryl methyl sites for hydroxylation is 2. The molecule has 0 radical (unpaired) electrons. The van der Waals surface area contributed by atoms with Gasteiger partial charge in [-0.25, -0.2) is 4.98 Å². The van der Waals surface area contributed by atoms with E-state index >= 15 is 0 Å². The van der Waals surface area contributed by atoms with Crippen LogP contribution in [-0.4, -0.2) is 32.0 Å². The molecule has 2 heterocycles. The highest BCUT2D eigenvalue weighted by Crippen LogP contribution is 2.23. The van der Waals surface area contributed by atoms with Gasteiger partial charge in [0.25, 0.3) is 5.91 Å². The number of amides is 1.